The summed E-state index contributed by atoms with van der Waals surface area (Å²) in [5.74, 6) is -5.68. The van der Waals surface area contributed by atoms with Crippen LogP contribution in [0.15, 0.2) is 16.6 Å². The summed E-state index contributed by atoms with van der Waals surface area (Å²) in [6.07, 6.45) is 0.622. The summed E-state index contributed by atoms with van der Waals surface area (Å²) in [6, 6.07) is 3.28. The Morgan fingerprint density at radius 3 is 1.63 bits per heavy atom. The van der Waals surface area contributed by atoms with Gasteiger partial charge in [-0.05, 0) is 78.3 Å². The quantitative estimate of drug-likeness (QED) is 0.321. The highest BCUT2D eigenvalue weighted by atomic mass is 79.9. The molecular weight excluding hydrogens is 596 g/mol. The highest BCUT2D eigenvalue weighted by molar-refractivity contribution is 9.10. The zero-order valence-corrected chi connectivity index (χ0v) is 25.5. The molecule has 2 aliphatic rings. The molecule has 3 rings (SSSR count). The van der Waals surface area contributed by atoms with E-state index in [9.17, 15) is 19.2 Å². The van der Waals surface area contributed by atoms with Crippen molar-refractivity contribution in [1.29, 1.82) is 0 Å². The number of benzene rings is 1. The third-order valence-electron chi connectivity index (χ3n) is 6.86. The summed E-state index contributed by atoms with van der Waals surface area (Å²) < 4.78 is 12.4. The summed E-state index contributed by atoms with van der Waals surface area (Å²) in [4.78, 5) is 59.1. The van der Waals surface area contributed by atoms with Crippen molar-refractivity contribution in [3.8, 4) is 11.5 Å². The topological polar surface area (TPSA) is 99.7 Å². The monoisotopic (exact) mass is 626 g/mol. The SMILES string of the molecule is CCOc1cc(C(C2C(=O)N(C)C(=S)N(C)C2=O)C2C(=O)N(C)C(=S)N(C)C2=O)cc(Br)c1O[C@@H](C)CC. The second-order valence-electron chi connectivity index (χ2n) is 9.24. The van der Waals surface area contributed by atoms with Crippen molar-refractivity contribution in [1.82, 2.24) is 19.6 Å². The molecule has 0 saturated carbocycles. The van der Waals surface area contributed by atoms with E-state index < -0.39 is 41.4 Å². The predicted molar refractivity (Wildman–Crippen MR) is 152 cm³/mol. The molecule has 0 unspecified atom stereocenters. The smallest absolute Gasteiger partial charge is 0.241 e. The molecule has 13 heteroatoms. The lowest BCUT2D eigenvalue weighted by atomic mass is 9.73. The molecule has 38 heavy (non-hydrogen) atoms. The van der Waals surface area contributed by atoms with Gasteiger partial charge in [0.25, 0.3) is 0 Å². The lowest BCUT2D eigenvalue weighted by Crippen LogP contribution is -2.63. The zero-order valence-electron chi connectivity index (χ0n) is 22.3. The number of hydrogen-bond acceptors (Lipinski definition) is 8. The van der Waals surface area contributed by atoms with E-state index in [1.54, 1.807) is 12.1 Å². The Bertz CT molecular complexity index is 1110. The molecule has 1 atom stereocenters. The minimum atomic E-state index is -1.41. The van der Waals surface area contributed by atoms with Crippen molar-refractivity contribution in [2.45, 2.75) is 39.2 Å². The number of ether oxygens (including phenoxy) is 2. The molecular formula is C25H31BrN4O6S2. The third-order valence-corrected chi connectivity index (χ3v) is 8.55. The number of halogens is 1. The molecule has 10 nitrogen and oxygen atoms in total. The molecule has 0 aromatic heterocycles. The second kappa shape index (κ2) is 11.6. The number of carbonyl (C=O) groups excluding carboxylic acids is 4. The van der Waals surface area contributed by atoms with E-state index in [1.807, 2.05) is 20.8 Å². The van der Waals surface area contributed by atoms with Crippen molar-refractivity contribution in [2.24, 2.45) is 11.8 Å². The van der Waals surface area contributed by atoms with Crippen LogP contribution in [0.1, 0.15) is 38.7 Å². The number of amides is 4. The molecule has 2 aliphatic heterocycles. The van der Waals surface area contributed by atoms with Crippen LogP contribution < -0.4 is 9.47 Å². The first-order valence-corrected chi connectivity index (χ1v) is 13.7. The van der Waals surface area contributed by atoms with Crippen LogP contribution in [-0.4, -0.2) is 94.4 Å². The summed E-state index contributed by atoms with van der Waals surface area (Å²) >= 11 is 14.1. The number of carbonyl (C=O) groups is 4. The fourth-order valence-electron chi connectivity index (χ4n) is 4.51. The van der Waals surface area contributed by atoms with Crippen LogP contribution in [0.3, 0.4) is 0 Å². The molecule has 0 N–H and O–H groups in total. The number of thiocarbonyl (C=S) groups is 2. The Balaban J connectivity index is 2.30. The van der Waals surface area contributed by atoms with Gasteiger partial charge in [-0.25, -0.2) is 0 Å². The molecule has 0 radical (unpaired) electrons. The number of nitrogens with zero attached hydrogens (tertiary/aromatic N) is 4. The van der Waals surface area contributed by atoms with Gasteiger partial charge in [0, 0.05) is 34.1 Å². The van der Waals surface area contributed by atoms with Gasteiger partial charge >= 0.3 is 0 Å². The molecule has 2 heterocycles. The van der Waals surface area contributed by atoms with Crippen molar-refractivity contribution in [2.75, 3.05) is 34.8 Å². The van der Waals surface area contributed by atoms with Gasteiger partial charge in [-0.2, -0.15) is 0 Å². The highest BCUT2D eigenvalue weighted by Crippen LogP contribution is 2.45. The summed E-state index contributed by atoms with van der Waals surface area (Å²) in [5, 5.41) is 0.0559. The Morgan fingerprint density at radius 2 is 1.26 bits per heavy atom. The van der Waals surface area contributed by atoms with E-state index in [1.165, 1.54) is 47.8 Å². The first-order chi connectivity index (χ1) is 17.8. The Labute approximate surface area is 241 Å². The van der Waals surface area contributed by atoms with Crippen molar-refractivity contribution < 1.29 is 28.7 Å². The Hall–Kier alpha value is -2.64. The van der Waals surface area contributed by atoms with E-state index in [-0.39, 0.29) is 16.3 Å². The first-order valence-electron chi connectivity index (χ1n) is 12.1. The van der Waals surface area contributed by atoms with Gasteiger partial charge in [-0.1, -0.05) is 6.92 Å². The summed E-state index contributed by atoms with van der Waals surface area (Å²) in [6.45, 7) is 6.02. The average molecular weight is 628 g/mol. The minimum absolute atomic E-state index is 0.0280. The molecule has 2 saturated heterocycles. The molecule has 0 bridgehead atoms. The predicted octanol–water partition coefficient (Wildman–Crippen LogP) is 2.77. The van der Waals surface area contributed by atoms with Crippen LogP contribution in [0, 0.1) is 11.8 Å². The van der Waals surface area contributed by atoms with E-state index in [0.29, 0.717) is 28.1 Å². The van der Waals surface area contributed by atoms with Crippen LogP contribution in [0.5, 0.6) is 11.5 Å². The number of rotatable bonds is 8. The third kappa shape index (κ3) is 5.15. The fourth-order valence-corrected chi connectivity index (χ4v) is 5.42. The Morgan fingerprint density at radius 1 is 0.842 bits per heavy atom. The standard InChI is InChI=1S/C25H31BrN4O6S2/c1-8-12(3)36-19-14(26)10-13(11-15(19)35-9-2)16(17-20(31)27(4)24(37)28(5)21(17)32)18-22(33)29(6)25(38)30(7)23(18)34/h10-12,16-18H,8-9H2,1-7H3/t12-/m0/s1. The molecule has 4 amide bonds. The average Bonchev–Trinajstić information content (AvgIpc) is 2.89. The minimum Gasteiger partial charge on any atom is -0.490 e. The van der Waals surface area contributed by atoms with E-state index in [4.69, 9.17) is 33.9 Å². The molecule has 1 aromatic carbocycles. The number of hydrogen-bond donors (Lipinski definition) is 0. The highest BCUT2D eigenvalue weighted by Gasteiger charge is 2.54. The van der Waals surface area contributed by atoms with Crippen molar-refractivity contribution in [3.05, 3.63) is 22.2 Å². The summed E-state index contributed by atoms with van der Waals surface area (Å²) in [7, 11) is 5.83. The molecule has 0 aliphatic carbocycles. The van der Waals surface area contributed by atoms with E-state index in [0.717, 1.165) is 6.42 Å². The second-order valence-corrected chi connectivity index (χ2v) is 10.8. The molecule has 206 valence electrons. The van der Waals surface area contributed by atoms with Crippen LogP contribution in [0.2, 0.25) is 0 Å². The van der Waals surface area contributed by atoms with Gasteiger partial charge in [0.15, 0.2) is 21.7 Å². The lowest BCUT2D eigenvalue weighted by molar-refractivity contribution is -0.152. The van der Waals surface area contributed by atoms with Crippen LogP contribution in [-0.2, 0) is 19.2 Å². The van der Waals surface area contributed by atoms with Crippen molar-refractivity contribution in [3.63, 3.8) is 0 Å². The van der Waals surface area contributed by atoms with Gasteiger partial charge in [0.2, 0.25) is 23.6 Å². The van der Waals surface area contributed by atoms with Crippen LogP contribution >= 0.6 is 40.4 Å². The zero-order chi connectivity index (χ0) is 28.6. The lowest BCUT2D eigenvalue weighted by Gasteiger charge is -2.43. The van der Waals surface area contributed by atoms with Gasteiger partial charge in [-0.3, -0.25) is 38.8 Å². The largest absolute Gasteiger partial charge is 0.490 e. The maximum absolute atomic E-state index is 13.6. The van der Waals surface area contributed by atoms with Crippen LogP contribution in [0.4, 0.5) is 0 Å². The fraction of sp³-hybridized carbons (Fsp3) is 0.520. The van der Waals surface area contributed by atoms with Crippen molar-refractivity contribution >= 4 is 74.2 Å². The van der Waals surface area contributed by atoms with E-state index >= 15 is 0 Å². The van der Waals surface area contributed by atoms with Gasteiger partial charge in [0.1, 0.15) is 11.8 Å². The molecule has 0 spiro atoms. The first kappa shape index (κ1) is 29.9. The maximum Gasteiger partial charge on any atom is 0.241 e. The summed E-state index contributed by atoms with van der Waals surface area (Å²) in [5.41, 5.74) is 0.375. The van der Waals surface area contributed by atoms with Gasteiger partial charge < -0.3 is 9.47 Å². The molecule has 1 aromatic rings. The van der Waals surface area contributed by atoms with Crippen LogP contribution in [0.25, 0.3) is 0 Å². The normalized spacial score (nSPS) is 18.8. The van der Waals surface area contributed by atoms with Gasteiger partial charge in [0.05, 0.1) is 17.2 Å². The maximum atomic E-state index is 13.6. The Kier molecular flexibility index (Phi) is 9.15. The van der Waals surface area contributed by atoms with E-state index in [2.05, 4.69) is 15.9 Å². The van der Waals surface area contributed by atoms with Gasteiger partial charge in [-0.15, -0.1) is 0 Å². The molecule has 2 fully saturated rings.